The van der Waals surface area contributed by atoms with Crippen molar-refractivity contribution in [1.82, 2.24) is 9.80 Å². The number of benzene rings is 1. The molecule has 5 heteroatoms. The van der Waals surface area contributed by atoms with Gasteiger partial charge in [-0.3, -0.25) is 9.59 Å². The van der Waals surface area contributed by atoms with Crippen LogP contribution in [-0.2, 0) is 9.59 Å². The maximum Gasteiger partial charge on any atom is 0.260 e. The van der Waals surface area contributed by atoms with Crippen molar-refractivity contribution in [2.24, 2.45) is 5.41 Å². The number of nitrogens with zero attached hydrogens (tertiary/aromatic N) is 2. The molecule has 1 fully saturated rings. The molecular weight excluding hydrogens is 304 g/mol. The minimum absolute atomic E-state index is 0.0247. The van der Waals surface area contributed by atoms with E-state index in [0.29, 0.717) is 26.2 Å². The van der Waals surface area contributed by atoms with E-state index in [4.69, 9.17) is 4.74 Å². The molecule has 0 bridgehead atoms. The van der Waals surface area contributed by atoms with Gasteiger partial charge in [0.25, 0.3) is 5.91 Å². The molecule has 0 aliphatic carbocycles. The van der Waals surface area contributed by atoms with Crippen molar-refractivity contribution in [1.29, 1.82) is 0 Å². The molecule has 1 aliphatic rings. The van der Waals surface area contributed by atoms with Crippen LogP contribution < -0.4 is 4.74 Å². The van der Waals surface area contributed by atoms with E-state index in [1.165, 1.54) is 0 Å². The number of hydrogen-bond donors (Lipinski definition) is 0. The summed E-state index contributed by atoms with van der Waals surface area (Å²) in [7, 11) is 0. The monoisotopic (exact) mass is 332 g/mol. The lowest BCUT2D eigenvalue weighted by molar-refractivity contribution is -0.140. The number of ether oxygens (including phenoxy) is 1. The van der Waals surface area contributed by atoms with E-state index in [9.17, 15) is 9.59 Å². The van der Waals surface area contributed by atoms with E-state index in [2.05, 4.69) is 0 Å². The number of carbonyl (C=O) groups excluding carboxylic acids is 2. The van der Waals surface area contributed by atoms with Crippen LogP contribution in [0.25, 0.3) is 0 Å². The fourth-order valence-electron chi connectivity index (χ4n) is 2.79. The lowest BCUT2D eigenvalue weighted by atomic mass is 9.94. The summed E-state index contributed by atoms with van der Waals surface area (Å²) >= 11 is 0. The number of hydrogen-bond acceptors (Lipinski definition) is 3. The zero-order chi connectivity index (χ0) is 17.7. The Morgan fingerprint density at radius 1 is 1.04 bits per heavy atom. The van der Waals surface area contributed by atoms with Crippen LogP contribution in [0.3, 0.4) is 0 Å². The predicted molar refractivity (Wildman–Crippen MR) is 93.9 cm³/mol. The smallest absolute Gasteiger partial charge is 0.260 e. The van der Waals surface area contributed by atoms with Crippen molar-refractivity contribution in [3.63, 3.8) is 0 Å². The lowest BCUT2D eigenvalue weighted by Gasteiger charge is -2.28. The molecule has 1 aromatic carbocycles. The fraction of sp³-hybridized carbons (Fsp3) is 0.579. The zero-order valence-corrected chi connectivity index (χ0v) is 15.2. The molecule has 132 valence electrons. The van der Waals surface area contributed by atoms with Crippen LogP contribution >= 0.6 is 0 Å². The molecule has 0 radical (unpaired) electrons. The minimum Gasteiger partial charge on any atom is -0.484 e. The molecule has 0 spiro atoms. The SMILES string of the molecule is Cc1ccccc1OCC(=O)N1CCCN(C(=O)C(C)(C)C)CC1. The van der Waals surface area contributed by atoms with Gasteiger partial charge < -0.3 is 14.5 Å². The zero-order valence-electron chi connectivity index (χ0n) is 15.2. The van der Waals surface area contributed by atoms with Gasteiger partial charge >= 0.3 is 0 Å². The van der Waals surface area contributed by atoms with Crippen molar-refractivity contribution in [2.45, 2.75) is 34.1 Å². The molecule has 0 N–H and O–H groups in total. The van der Waals surface area contributed by atoms with E-state index in [-0.39, 0.29) is 23.8 Å². The van der Waals surface area contributed by atoms with E-state index in [1.54, 1.807) is 4.90 Å². The molecule has 1 aromatic rings. The Hall–Kier alpha value is -2.04. The summed E-state index contributed by atoms with van der Waals surface area (Å²) in [6, 6.07) is 7.67. The van der Waals surface area contributed by atoms with Crippen LogP contribution in [0.15, 0.2) is 24.3 Å². The molecule has 1 heterocycles. The first kappa shape index (κ1) is 18.3. The second-order valence-corrected chi connectivity index (χ2v) is 7.33. The predicted octanol–water partition coefficient (Wildman–Crippen LogP) is 2.48. The molecule has 24 heavy (non-hydrogen) atoms. The molecule has 5 nitrogen and oxygen atoms in total. The highest BCUT2D eigenvalue weighted by molar-refractivity contribution is 5.82. The summed E-state index contributed by atoms with van der Waals surface area (Å²) in [6.07, 6.45) is 0.803. The van der Waals surface area contributed by atoms with Crippen molar-refractivity contribution < 1.29 is 14.3 Å². The van der Waals surface area contributed by atoms with Gasteiger partial charge in [-0.25, -0.2) is 0 Å². The molecule has 1 saturated heterocycles. The third-order valence-corrected chi connectivity index (χ3v) is 4.22. The number of carbonyl (C=O) groups is 2. The number of aryl methyl sites for hydroxylation is 1. The molecule has 0 unspecified atom stereocenters. The quantitative estimate of drug-likeness (QED) is 0.854. The van der Waals surface area contributed by atoms with Crippen LogP contribution in [-0.4, -0.2) is 54.4 Å². The Morgan fingerprint density at radius 3 is 2.33 bits per heavy atom. The maximum absolute atomic E-state index is 12.4. The Bertz CT molecular complexity index is 593. The highest BCUT2D eigenvalue weighted by Gasteiger charge is 2.29. The average Bonchev–Trinajstić information content (AvgIpc) is 2.78. The van der Waals surface area contributed by atoms with Gasteiger partial charge in [0.05, 0.1) is 0 Å². The molecule has 2 rings (SSSR count). The van der Waals surface area contributed by atoms with E-state index >= 15 is 0 Å². The summed E-state index contributed by atoms with van der Waals surface area (Å²) in [5, 5.41) is 0. The molecule has 0 atom stereocenters. The fourth-order valence-corrected chi connectivity index (χ4v) is 2.79. The van der Waals surface area contributed by atoms with Gasteiger partial charge in [-0.15, -0.1) is 0 Å². The largest absolute Gasteiger partial charge is 0.484 e. The van der Waals surface area contributed by atoms with Gasteiger partial charge in [0.15, 0.2) is 6.61 Å². The Morgan fingerprint density at radius 2 is 1.67 bits per heavy atom. The second kappa shape index (κ2) is 7.69. The molecule has 2 amide bonds. The second-order valence-electron chi connectivity index (χ2n) is 7.33. The van der Waals surface area contributed by atoms with Crippen molar-refractivity contribution in [2.75, 3.05) is 32.8 Å². The van der Waals surface area contributed by atoms with Gasteiger partial charge in [-0.1, -0.05) is 39.0 Å². The van der Waals surface area contributed by atoms with Crippen LogP contribution in [0.2, 0.25) is 0 Å². The van der Waals surface area contributed by atoms with Crippen LogP contribution in [0, 0.1) is 12.3 Å². The molecular formula is C19H28N2O3. The average molecular weight is 332 g/mol. The normalized spacial score (nSPS) is 15.8. The minimum atomic E-state index is -0.382. The number of rotatable bonds is 3. The van der Waals surface area contributed by atoms with Crippen LogP contribution in [0.5, 0.6) is 5.75 Å². The number of amides is 2. The van der Waals surface area contributed by atoms with Crippen molar-refractivity contribution in [3.8, 4) is 5.75 Å². The van der Waals surface area contributed by atoms with Crippen molar-refractivity contribution >= 4 is 11.8 Å². The Kier molecular flexibility index (Phi) is 5.86. The summed E-state index contributed by atoms with van der Waals surface area (Å²) in [6.45, 7) is 10.3. The third-order valence-electron chi connectivity index (χ3n) is 4.22. The van der Waals surface area contributed by atoms with Crippen LogP contribution in [0.1, 0.15) is 32.8 Å². The van der Waals surface area contributed by atoms with Crippen molar-refractivity contribution in [3.05, 3.63) is 29.8 Å². The summed E-state index contributed by atoms with van der Waals surface area (Å²) in [5.74, 6) is 0.862. The van der Waals surface area contributed by atoms with Gasteiger partial charge in [0.2, 0.25) is 5.91 Å². The Balaban J connectivity index is 1.88. The van der Waals surface area contributed by atoms with Gasteiger partial charge in [-0.05, 0) is 25.0 Å². The molecule has 0 saturated carbocycles. The topological polar surface area (TPSA) is 49.9 Å². The van der Waals surface area contributed by atoms with E-state index in [1.807, 2.05) is 56.9 Å². The van der Waals surface area contributed by atoms with Crippen LogP contribution in [0.4, 0.5) is 0 Å². The van der Waals surface area contributed by atoms with E-state index in [0.717, 1.165) is 17.7 Å². The third kappa shape index (κ3) is 4.73. The summed E-state index contributed by atoms with van der Waals surface area (Å²) in [4.78, 5) is 28.5. The first-order chi connectivity index (χ1) is 11.3. The van der Waals surface area contributed by atoms with E-state index < -0.39 is 0 Å². The van der Waals surface area contributed by atoms with Gasteiger partial charge in [0.1, 0.15) is 5.75 Å². The summed E-state index contributed by atoms with van der Waals surface area (Å²) in [5.41, 5.74) is 0.635. The number of para-hydroxylation sites is 1. The van der Waals surface area contributed by atoms with Gasteiger partial charge in [0, 0.05) is 31.6 Å². The standard InChI is InChI=1S/C19H28N2O3/c1-15-8-5-6-9-16(15)24-14-17(22)20-10-7-11-21(13-12-20)18(23)19(2,3)4/h5-6,8-9H,7,10-14H2,1-4H3. The Labute approximate surface area is 144 Å². The molecule has 1 aliphatic heterocycles. The van der Waals surface area contributed by atoms with Gasteiger partial charge in [-0.2, -0.15) is 0 Å². The first-order valence-corrected chi connectivity index (χ1v) is 8.54. The lowest BCUT2D eigenvalue weighted by Crippen LogP contribution is -2.42. The highest BCUT2D eigenvalue weighted by Crippen LogP contribution is 2.19. The maximum atomic E-state index is 12.4. The summed E-state index contributed by atoms with van der Waals surface area (Å²) < 4.78 is 5.65. The highest BCUT2D eigenvalue weighted by atomic mass is 16.5. The first-order valence-electron chi connectivity index (χ1n) is 8.54. The molecule has 0 aromatic heterocycles.